The molecule has 5 N–H and O–H groups in total. The average Bonchev–Trinajstić information content (AvgIpc) is 2.04. The van der Waals surface area contributed by atoms with Gasteiger partial charge in [0, 0.05) is 0 Å². The number of H-pyrrole nitrogens is 3. The zero-order valence-electron chi connectivity index (χ0n) is 6.09. The fraction of sp³-hybridized carbons (Fsp3) is 0. The van der Waals surface area contributed by atoms with E-state index in [1.807, 2.05) is 0 Å². The molecule has 0 aliphatic rings. The minimum atomic E-state index is -0.357. The van der Waals surface area contributed by atoms with E-state index in [0.717, 1.165) is 0 Å². The van der Waals surface area contributed by atoms with Crippen molar-refractivity contribution in [3.63, 3.8) is 0 Å². The molecule has 0 aliphatic heterocycles. The number of nitrogens with zero attached hydrogens (tertiary/aromatic N) is 1. The van der Waals surface area contributed by atoms with Crippen LogP contribution in [-0.4, -0.2) is 9.97 Å². The first-order valence-corrected chi connectivity index (χ1v) is 3.35. The molecule has 0 aliphatic carbocycles. The number of aromatic nitrogens is 4. The minimum absolute atomic E-state index is 0.255. The summed E-state index contributed by atoms with van der Waals surface area (Å²) >= 11 is 0. The van der Waals surface area contributed by atoms with Crippen LogP contribution >= 0.6 is 0 Å². The fourth-order valence-electron chi connectivity index (χ4n) is 0.991. The van der Waals surface area contributed by atoms with E-state index in [1.54, 1.807) is 12.4 Å². The number of nitrogens with one attached hydrogen (secondary N) is 3. The zero-order chi connectivity index (χ0) is 8.55. The summed E-state index contributed by atoms with van der Waals surface area (Å²) in [5.74, 6) is 0.255. The third-order valence-corrected chi connectivity index (χ3v) is 1.48. The molecule has 12 heavy (non-hydrogen) atoms. The van der Waals surface area contributed by atoms with Gasteiger partial charge in [-0.25, -0.2) is 9.97 Å². The number of nitrogens with two attached hydrogens (primary N) is 1. The Morgan fingerprint density at radius 1 is 1.58 bits per heavy atom. The quantitative estimate of drug-likeness (QED) is 0.478. The predicted molar refractivity (Wildman–Crippen MR) is 39.9 cm³/mol. The lowest BCUT2D eigenvalue weighted by molar-refractivity contribution is -0.481. The SMILES string of the molecule is Nc1[nH]c(=O)[nH+]c2[nH+]ccnc12. The molecule has 6 heteroatoms. The minimum Gasteiger partial charge on any atom is -0.357 e. The highest BCUT2D eigenvalue weighted by atomic mass is 16.1. The van der Waals surface area contributed by atoms with Gasteiger partial charge in [0.2, 0.25) is 5.52 Å². The highest BCUT2D eigenvalue weighted by Gasteiger charge is 2.13. The van der Waals surface area contributed by atoms with Gasteiger partial charge in [-0.05, 0) is 0 Å². The molecular formula is C6H7N5O+2. The molecule has 0 unspecified atom stereocenters. The van der Waals surface area contributed by atoms with Gasteiger partial charge in [0.25, 0.3) is 5.82 Å². The lowest BCUT2D eigenvalue weighted by atomic mass is 10.5. The number of rotatable bonds is 0. The van der Waals surface area contributed by atoms with Crippen LogP contribution < -0.4 is 21.4 Å². The van der Waals surface area contributed by atoms with Crippen LogP contribution in [-0.2, 0) is 0 Å². The largest absolute Gasteiger partial charge is 0.557 e. The van der Waals surface area contributed by atoms with E-state index >= 15 is 0 Å². The first-order chi connectivity index (χ1) is 5.77. The maximum Gasteiger partial charge on any atom is 0.557 e. The van der Waals surface area contributed by atoms with E-state index in [0.29, 0.717) is 11.2 Å². The van der Waals surface area contributed by atoms with Crippen LogP contribution in [0.3, 0.4) is 0 Å². The number of aromatic amines is 3. The second kappa shape index (κ2) is 2.26. The van der Waals surface area contributed by atoms with Crippen LogP contribution in [0.5, 0.6) is 0 Å². The van der Waals surface area contributed by atoms with Gasteiger partial charge in [-0.3, -0.25) is 0 Å². The summed E-state index contributed by atoms with van der Waals surface area (Å²) in [6.07, 6.45) is 3.17. The standard InChI is InChI=1S/C6H5N5O/c7-4-3-5(9-2-1-8-3)11-6(12)10-4/h1-2H,(H3,7,9,10,11,12)/p+2. The Balaban J connectivity index is 2.99. The van der Waals surface area contributed by atoms with E-state index < -0.39 is 0 Å². The van der Waals surface area contributed by atoms with E-state index in [-0.39, 0.29) is 11.5 Å². The summed E-state index contributed by atoms with van der Waals surface area (Å²) in [7, 11) is 0. The van der Waals surface area contributed by atoms with E-state index in [9.17, 15) is 4.79 Å². The second-order valence-electron chi connectivity index (χ2n) is 2.31. The van der Waals surface area contributed by atoms with Crippen molar-refractivity contribution >= 4 is 17.0 Å². The maximum atomic E-state index is 10.9. The summed E-state index contributed by atoms with van der Waals surface area (Å²) in [6, 6.07) is 0. The summed E-state index contributed by atoms with van der Waals surface area (Å²) in [4.78, 5) is 22.6. The van der Waals surface area contributed by atoms with Crippen molar-refractivity contribution in [1.29, 1.82) is 0 Å². The van der Waals surface area contributed by atoms with E-state index in [4.69, 9.17) is 5.73 Å². The van der Waals surface area contributed by atoms with Gasteiger partial charge in [-0.2, -0.15) is 9.78 Å². The molecule has 0 saturated heterocycles. The van der Waals surface area contributed by atoms with Crippen molar-refractivity contribution in [1.82, 2.24) is 9.97 Å². The first-order valence-electron chi connectivity index (χ1n) is 3.35. The number of nitrogen functional groups attached to an aromatic ring is 1. The van der Waals surface area contributed by atoms with Gasteiger partial charge in [-0.15, -0.1) is 4.98 Å². The number of fused-ring (bicyclic) bond motifs is 1. The number of hydrogen-bond acceptors (Lipinski definition) is 3. The maximum absolute atomic E-state index is 10.9. The van der Waals surface area contributed by atoms with E-state index in [1.165, 1.54) is 0 Å². The molecular weight excluding hydrogens is 158 g/mol. The Morgan fingerprint density at radius 3 is 3.25 bits per heavy atom. The Bertz CT molecular complexity index is 477. The Labute approximate surface area is 66.5 Å². The lowest BCUT2D eigenvalue weighted by Crippen LogP contribution is -2.35. The van der Waals surface area contributed by atoms with Crippen molar-refractivity contribution in [2.45, 2.75) is 0 Å². The van der Waals surface area contributed by atoms with Crippen molar-refractivity contribution in [3.05, 3.63) is 22.9 Å². The summed E-state index contributed by atoms with van der Waals surface area (Å²) < 4.78 is 0. The third kappa shape index (κ3) is 0.895. The molecule has 0 fully saturated rings. The summed E-state index contributed by atoms with van der Waals surface area (Å²) in [6.45, 7) is 0. The highest BCUT2D eigenvalue weighted by molar-refractivity contribution is 5.74. The van der Waals surface area contributed by atoms with Crippen LogP contribution in [0.2, 0.25) is 0 Å². The molecule has 6 nitrogen and oxygen atoms in total. The Morgan fingerprint density at radius 2 is 2.42 bits per heavy atom. The van der Waals surface area contributed by atoms with Crippen LogP contribution in [0.25, 0.3) is 11.2 Å². The summed E-state index contributed by atoms with van der Waals surface area (Å²) in [5.41, 5.74) is 6.18. The van der Waals surface area contributed by atoms with Gasteiger partial charge in [0.1, 0.15) is 6.20 Å². The lowest BCUT2D eigenvalue weighted by Gasteiger charge is -1.86. The van der Waals surface area contributed by atoms with Crippen LogP contribution in [0, 0.1) is 0 Å². The Hall–Kier alpha value is -1.98. The smallest absolute Gasteiger partial charge is 0.357 e. The molecule has 0 radical (unpaired) electrons. The van der Waals surface area contributed by atoms with Crippen molar-refractivity contribution in [2.24, 2.45) is 0 Å². The van der Waals surface area contributed by atoms with Crippen LogP contribution in [0.1, 0.15) is 0 Å². The second-order valence-corrected chi connectivity index (χ2v) is 2.31. The molecule has 2 rings (SSSR count). The van der Waals surface area contributed by atoms with E-state index in [2.05, 4.69) is 19.9 Å². The molecule has 2 aromatic rings. The monoisotopic (exact) mass is 165 g/mol. The van der Waals surface area contributed by atoms with Gasteiger partial charge >= 0.3 is 11.3 Å². The van der Waals surface area contributed by atoms with Crippen LogP contribution in [0.4, 0.5) is 5.82 Å². The third-order valence-electron chi connectivity index (χ3n) is 1.48. The molecule has 0 saturated carbocycles. The molecule has 0 aromatic carbocycles. The van der Waals surface area contributed by atoms with Gasteiger partial charge in [-0.1, -0.05) is 0 Å². The molecule has 0 atom stereocenters. The molecule has 60 valence electrons. The van der Waals surface area contributed by atoms with Gasteiger partial charge < -0.3 is 5.73 Å². The average molecular weight is 165 g/mol. The molecule has 2 aromatic heterocycles. The summed E-state index contributed by atoms with van der Waals surface area (Å²) in [5, 5.41) is 0. The van der Waals surface area contributed by atoms with Crippen molar-refractivity contribution in [3.8, 4) is 0 Å². The zero-order valence-corrected chi connectivity index (χ0v) is 6.09. The predicted octanol–water partition coefficient (Wildman–Crippen LogP) is -1.87. The van der Waals surface area contributed by atoms with Crippen molar-refractivity contribution < 1.29 is 9.97 Å². The number of hydrogen-bond donors (Lipinski definition) is 2. The first kappa shape index (κ1) is 6.71. The fourth-order valence-corrected chi connectivity index (χ4v) is 0.991. The molecule has 0 amide bonds. The molecule has 0 spiro atoms. The topological polar surface area (TPSA) is 100 Å². The van der Waals surface area contributed by atoms with Gasteiger partial charge in [0.05, 0.1) is 6.20 Å². The van der Waals surface area contributed by atoms with Gasteiger partial charge in [0.15, 0.2) is 0 Å². The van der Waals surface area contributed by atoms with Crippen molar-refractivity contribution in [2.75, 3.05) is 5.73 Å². The Kier molecular flexibility index (Phi) is 1.26. The molecule has 2 heterocycles. The number of anilines is 1. The normalized spacial score (nSPS) is 10.3. The highest BCUT2D eigenvalue weighted by Crippen LogP contribution is 2.02. The molecule has 0 bridgehead atoms. The van der Waals surface area contributed by atoms with Crippen LogP contribution in [0.15, 0.2) is 17.2 Å².